The summed E-state index contributed by atoms with van der Waals surface area (Å²) >= 11 is 7.28. The molecule has 1 N–H and O–H groups in total. The van der Waals surface area contributed by atoms with Crippen LogP contribution in [0.5, 0.6) is 0 Å². The monoisotopic (exact) mass is 330 g/mol. The number of hydrogen-bond donors (Lipinski definition) is 1. The van der Waals surface area contributed by atoms with Crippen LogP contribution in [-0.4, -0.2) is 11.7 Å². The third kappa shape index (κ3) is 4.03. The molecule has 0 saturated heterocycles. The first kappa shape index (κ1) is 16.4. The minimum Gasteiger partial charge on any atom is -0.325 e. The molecule has 3 nitrogen and oxygen atoms in total. The van der Waals surface area contributed by atoms with Gasteiger partial charge >= 0.3 is 0 Å². The number of anilines is 1. The SMILES string of the molecule is Cc1ccc(NC(=O)CSc2cccc(Cl)c2C#N)c(C)c1. The molecule has 0 spiro atoms. The molecule has 0 aromatic heterocycles. The minimum atomic E-state index is -0.110. The van der Waals surface area contributed by atoms with E-state index in [1.54, 1.807) is 18.2 Å². The number of hydrogen-bond acceptors (Lipinski definition) is 3. The summed E-state index contributed by atoms with van der Waals surface area (Å²) in [5, 5.41) is 12.4. The molecule has 0 aliphatic heterocycles. The van der Waals surface area contributed by atoms with Crippen molar-refractivity contribution in [1.29, 1.82) is 5.26 Å². The number of nitrogens with zero attached hydrogens (tertiary/aromatic N) is 1. The van der Waals surface area contributed by atoms with E-state index in [1.807, 2.05) is 32.0 Å². The second-order valence-corrected chi connectivity index (χ2v) is 6.30. The van der Waals surface area contributed by atoms with Crippen molar-refractivity contribution >= 4 is 35.0 Å². The maximum absolute atomic E-state index is 12.1. The van der Waals surface area contributed by atoms with Gasteiger partial charge in [-0.15, -0.1) is 11.8 Å². The van der Waals surface area contributed by atoms with E-state index in [2.05, 4.69) is 11.4 Å². The molecule has 2 aromatic rings. The van der Waals surface area contributed by atoms with Gasteiger partial charge in [-0.3, -0.25) is 4.79 Å². The topological polar surface area (TPSA) is 52.9 Å². The van der Waals surface area contributed by atoms with Crippen molar-refractivity contribution in [3.63, 3.8) is 0 Å². The van der Waals surface area contributed by atoms with Crippen LogP contribution in [0, 0.1) is 25.2 Å². The molecule has 0 radical (unpaired) electrons. The second kappa shape index (κ2) is 7.35. The van der Waals surface area contributed by atoms with E-state index in [0.717, 1.165) is 16.8 Å². The number of halogens is 1. The van der Waals surface area contributed by atoms with Gasteiger partial charge in [0.05, 0.1) is 16.3 Å². The lowest BCUT2D eigenvalue weighted by atomic mass is 10.1. The third-order valence-electron chi connectivity index (χ3n) is 3.10. The van der Waals surface area contributed by atoms with E-state index in [0.29, 0.717) is 15.5 Å². The van der Waals surface area contributed by atoms with Crippen molar-refractivity contribution in [2.45, 2.75) is 18.7 Å². The summed E-state index contributed by atoms with van der Waals surface area (Å²) in [7, 11) is 0. The second-order valence-electron chi connectivity index (χ2n) is 4.88. The van der Waals surface area contributed by atoms with Crippen LogP contribution < -0.4 is 5.32 Å². The number of amides is 1. The molecule has 0 saturated carbocycles. The number of thioether (sulfide) groups is 1. The first-order valence-corrected chi connectivity index (χ1v) is 8.06. The fourth-order valence-corrected chi connectivity index (χ4v) is 3.12. The molecule has 0 fully saturated rings. The number of nitriles is 1. The van der Waals surface area contributed by atoms with E-state index in [9.17, 15) is 4.79 Å². The van der Waals surface area contributed by atoms with Gasteiger partial charge < -0.3 is 5.32 Å². The number of carbonyl (C=O) groups is 1. The largest absolute Gasteiger partial charge is 0.325 e. The van der Waals surface area contributed by atoms with Gasteiger partial charge in [-0.2, -0.15) is 5.26 Å². The maximum Gasteiger partial charge on any atom is 0.234 e. The minimum absolute atomic E-state index is 0.110. The van der Waals surface area contributed by atoms with E-state index < -0.39 is 0 Å². The van der Waals surface area contributed by atoms with Gasteiger partial charge in [0.2, 0.25) is 5.91 Å². The van der Waals surface area contributed by atoms with Gasteiger partial charge in [-0.1, -0.05) is 35.4 Å². The Bertz CT molecular complexity index is 753. The van der Waals surface area contributed by atoms with Crippen LogP contribution in [0.25, 0.3) is 0 Å². The molecule has 5 heteroatoms. The predicted molar refractivity (Wildman–Crippen MR) is 91.4 cm³/mol. The molecule has 0 unspecified atom stereocenters. The van der Waals surface area contributed by atoms with Gasteiger partial charge in [0.1, 0.15) is 6.07 Å². The molecule has 0 heterocycles. The Morgan fingerprint density at radius 1 is 1.32 bits per heavy atom. The van der Waals surface area contributed by atoms with Crippen LogP contribution in [0.15, 0.2) is 41.3 Å². The Morgan fingerprint density at radius 3 is 2.77 bits per heavy atom. The highest BCUT2D eigenvalue weighted by atomic mass is 35.5. The van der Waals surface area contributed by atoms with Crippen LogP contribution in [0.4, 0.5) is 5.69 Å². The number of nitrogens with one attached hydrogen (secondary N) is 1. The summed E-state index contributed by atoms with van der Waals surface area (Å²) in [4.78, 5) is 12.8. The Balaban J connectivity index is 2.02. The number of rotatable bonds is 4. The highest BCUT2D eigenvalue weighted by Crippen LogP contribution is 2.28. The predicted octanol–water partition coefficient (Wildman–Crippen LogP) is 4.56. The summed E-state index contributed by atoms with van der Waals surface area (Å²) in [6.45, 7) is 3.97. The molecule has 2 rings (SSSR count). The van der Waals surface area contributed by atoms with Gasteiger partial charge in [0.25, 0.3) is 0 Å². The zero-order valence-corrected chi connectivity index (χ0v) is 13.9. The molecule has 0 aliphatic rings. The van der Waals surface area contributed by atoms with Gasteiger partial charge in [-0.05, 0) is 37.6 Å². The summed E-state index contributed by atoms with van der Waals surface area (Å²) in [5.41, 5.74) is 3.40. The Morgan fingerprint density at radius 2 is 2.09 bits per heavy atom. The van der Waals surface area contributed by atoms with E-state index in [4.69, 9.17) is 16.9 Å². The molecular weight excluding hydrogens is 316 g/mol. The van der Waals surface area contributed by atoms with Crippen LogP contribution in [0.1, 0.15) is 16.7 Å². The van der Waals surface area contributed by atoms with Crippen molar-refractivity contribution in [2.75, 3.05) is 11.1 Å². The summed E-state index contributed by atoms with van der Waals surface area (Å²) in [6, 6.07) is 13.2. The molecule has 112 valence electrons. The lowest BCUT2D eigenvalue weighted by molar-refractivity contribution is -0.113. The van der Waals surface area contributed by atoms with Crippen molar-refractivity contribution in [3.8, 4) is 6.07 Å². The average Bonchev–Trinajstić information content (AvgIpc) is 2.48. The van der Waals surface area contributed by atoms with Crippen LogP contribution >= 0.6 is 23.4 Å². The fraction of sp³-hybridized carbons (Fsp3) is 0.176. The molecule has 0 aliphatic carbocycles. The zero-order chi connectivity index (χ0) is 16.1. The summed E-state index contributed by atoms with van der Waals surface area (Å²) in [5.74, 6) is 0.114. The van der Waals surface area contributed by atoms with Crippen LogP contribution in [0.3, 0.4) is 0 Å². The van der Waals surface area contributed by atoms with Gasteiger partial charge in [0, 0.05) is 10.6 Å². The number of aryl methyl sites for hydroxylation is 2. The Hall–Kier alpha value is -1.96. The molecular formula is C17H15ClN2OS. The highest BCUT2D eigenvalue weighted by Gasteiger charge is 2.10. The van der Waals surface area contributed by atoms with Gasteiger partial charge in [-0.25, -0.2) is 0 Å². The smallest absolute Gasteiger partial charge is 0.234 e. The van der Waals surface area contributed by atoms with Crippen molar-refractivity contribution in [3.05, 3.63) is 58.1 Å². The Kier molecular flexibility index (Phi) is 5.48. The first-order valence-electron chi connectivity index (χ1n) is 6.70. The standard InChI is InChI=1S/C17H15ClN2OS/c1-11-6-7-15(12(2)8-11)20-17(21)10-22-16-5-3-4-14(18)13(16)9-19/h3-8H,10H2,1-2H3,(H,20,21). The lowest BCUT2D eigenvalue weighted by Gasteiger charge is -2.09. The number of benzene rings is 2. The van der Waals surface area contributed by atoms with Crippen molar-refractivity contribution < 1.29 is 4.79 Å². The first-order chi connectivity index (χ1) is 10.5. The highest BCUT2D eigenvalue weighted by molar-refractivity contribution is 8.00. The number of carbonyl (C=O) groups excluding carboxylic acids is 1. The van der Waals surface area contributed by atoms with E-state index in [1.165, 1.54) is 11.8 Å². The zero-order valence-electron chi connectivity index (χ0n) is 12.3. The summed E-state index contributed by atoms with van der Waals surface area (Å²) in [6.07, 6.45) is 0. The lowest BCUT2D eigenvalue weighted by Crippen LogP contribution is -2.15. The van der Waals surface area contributed by atoms with Crippen molar-refractivity contribution in [2.24, 2.45) is 0 Å². The van der Waals surface area contributed by atoms with E-state index >= 15 is 0 Å². The quantitative estimate of drug-likeness (QED) is 0.836. The molecule has 22 heavy (non-hydrogen) atoms. The third-order valence-corrected chi connectivity index (χ3v) is 4.47. The molecule has 1 amide bonds. The molecule has 0 atom stereocenters. The Labute approximate surface area is 139 Å². The molecule has 0 bridgehead atoms. The van der Waals surface area contributed by atoms with Crippen LogP contribution in [0.2, 0.25) is 5.02 Å². The van der Waals surface area contributed by atoms with Gasteiger partial charge in [0.15, 0.2) is 0 Å². The normalized spacial score (nSPS) is 10.1. The van der Waals surface area contributed by atoms with Crippen LogP contribution in [-0.2, 0) is 4.79 Å². The molecule has 2 aromatic carbocycles. The fourth-order valence-electron chi connectivity index (χ4n) is 2.02. The summed E-state index contributed by atoms with van der Waals surface area (Å²) < 4.78 is 0. The maximum atomic E-state index is 12.1. The van der Waals surface area contributed by atoms with Crippen molar-refractivity contribution in [1.82, 2.24) is 0 Å². The average molecular weight is 331 g/mol. The van der Waals surface area contributed by atoms with E-state index in [-0.39, 0.29) is 11.7 Å².